The zero-order chi connectivity index (χ0) is 16.8. The minimum Gasteiger partial charge on any atom is -0.493 e. The number of hydrogen-bond acceptors (Lipinski definition) is 3. The predicted octanol–water partition coefficient (Wildman–Crippen LogP) is 4.96. The third-order valence-electron chi connectivity index (χ3n) is 3.68. The molecule has 0 saturated carbocycles. The molecule has 0 aliphatic rings. The van der Waals surface area contributed by atoms with Gasteiger partial charge in [0.05, 0.1) is 13.7 Å². The van der Waals surface area contributed by atoms with Crippen molar-refractivity contribution in [2.24, 2.45) is 5.92 Å². The Morgan fingerprint density at radius 2 is 1.78 bits per heavy atom. The molecular formula is C20H27NO2. The lowest BCUT2D eigenvalue weighted by Crippen LogP contribution is -2.07. The smallest absolute Gasteiger partial charge is 0.161 e. The lowest BCUT2D eigenvalue weighted by atomic mass is 10.1. The second-order valence-electron chi connectivity index (χ2n) is 6.36. The molecule has 0 aromatic heterocycles. The Hall–Kier alpha value is -2.16. The van der Waals surface area contributed by atoms with Gasteiger partial charge in [0.15, 0.2) is 11.5 Å². The summed E-state index contributed by atoms with van der Waals surface area (Å²) < 4.78 is 11.3. The van der Waals surface area contributed by atoms with Crippen molar-refractivity contribution < 1.29 is 9.47 Å². The third-order valence-corrected chi connectivity index (χ3v) is 3.68. The predicted molar refractivity (Wildman–Crippen MR) is 96.6 cm³/mol. The Labute approximate surface area is 139 Å². The van der Waals surface area contributed by atoms with Gasteiger partial charge in [-0.05, 0) is 54.7 Å². The summed E-state index contributed by atoms with van der Waals surface area (Å²) in [6.07, 6.45) is 0. The summed E-state index contributed by atoms with van der Waals surface area (Å²) in [7, 11) is 1.67. The summed E-state index contributed by atoms with van der Waals surface area (Å²) in [5.74, 6) is 2.07. The van der Waals surface area contributed by atoms with Gasteiger partial charge < -0.3 is 14.8 Å². The fraction of sp³-hybridized carbons (Fsp3) is 0.400. The molecule has 0 aliphatic heterocycles. The lowest BCUT2D eigenvalue weighted by Gasteiger charge is -2.15. The van der Waals surface area contributed by atoms with E-state index in [2.05, 4.69) is 63.3 Å². The number of anilines is 1. The van der Waals surface area contributed by atoms with Gasteiger partial charge in [0, 0.05) is 12.2 Å². The second-order valence-corrected chi connectivity index (χ2v) is 6.36. The molecule has 0 amide bonds. The molecule has 1 N–H and O–H groups in total. The maximum absolute atomic E-state index is 5.87. The van der Waals surface area contributed by atoms with Crippen LogP contribution in [0.25, 0.3) is 0 Å². The molecule has 0 radical (unpaired) electrons. The van der Waals surface area contributed by atoms with E-state index in [0.29, 0.717) is 12.5 Å². The molecule has 0 spiro atoms. The SMILES string of the molecule is COc1ccc(CNc2cc(C)ccc2C)cc1OCC(C)C. The first-order chi connectivity index (χ1) is 11.0. The van der Waals surface area contributed by atoms with Crippen LogP contribution in [-0.2, 0) is 6.54 Å². The number of aryl methyl sites for hydroxylation is 2. The molecule has 0 unspecified atom stereocenters. The highest BCUT2D eigenvalue weighted by molar-refractivity contribution is 5.53. The molecule has 0 atom stereocenters. The summed E-state index contributed by atoms with van der Waals surface area (Å²) in [5.41, 5.74) is 4.85. The molecule has 0 heterocycles. The van der Waals surface area contributed by atoms with Crippen LogP contribution in [0.2, 0.25) is 0 Å². The van der Waals surface area contributed by atoms with Crippen LogP contribution in [0.4, 0.5) is 5.69 Å². The molecule has 3 heteroatoms. The standard InChI is InChI=1S/C20H27NO2/c1-14(2)13-23-20-11-17(8-9-19(20)22-5)12-21-18-10-15(3)6-7-16(18)4/h6-11,14,21H,12-13H2,1-5H3. The lowest BCUT2D eigenvalue weighted by molar-refractivity contribution is 0.256. The van der Waals surface area contributed by atoms with E-state index in [4.69, 9.17) is 9.47 Å². The highest BCUT2D eigenvalue weighted by Crippen LogP contribution is 2.29. The van der Waals surface area contributed by atoms with Crippen LogP contribution in [0.1, 0.15) is 30.5 Å². The highest BCUT2D eigenvalue weighted by Gasteiger charge is 2.07. The Balaban J connectivity index is 2.10. The van der Waals surface area contributed by atoms with Gasteiger partial charge in [0.1, 0.15) is 0 Å². The largest absolute Gasteiger partial charge is 0.493 e. The number of hydrogen-bond donors (Lipinski definition) is 1. The van der Waals surface area contributed by atoms with Gasteiger partial charge in [-0.2, -0.15) is 0 Å². The van der Waals surface area contributed by atoms with Crippen LogP contribution in [0.3, 0.4) is 0 Å². The minimum absolute atomic E-state index is 0.483. The summed E-state index contributed by atoms with van der Waals surface area (Å²) in [5, 5.41) is 3.50. The molecule has 0 bridgehead atoms. The fourth-order valence-electron chi connectivity index (χ4n) is 2.32. The number of methoxy groups -OCH3 is 1. The second kappa shape index (κ2) is 7.91. The van der Waals surface area contributed by atoms with Crippen LogP contribution < -0.4 is 14.8 Å². The monoisotopic (exact) mass is 313 g/mol. The molecule has 3 nitrogen and oxygen atoms in total. The molecule has 0 saturated heterocycles. The van der Waals surface area contributed by atoms with Gasteiger partial charge in [-0.25, -0.2) is 0 Å². The average molecular weight is 313 g/mol. The van der Waals surface area contributed by atoms with Crippen molar-refractivity contribution in [1.82, 2.24) is 0 Å². The van der Waals surface area contributed by atoms with Crippen molar-refractivity contribution in [3.05, 3.63) is 53.1 Å². The number of ether oxygens (including phenoxy) is 2. The Morgan fingerprint density at radius 1 is 1.00 bits per heavy atom. The molecule has 2 aromatic carbocycles. The van der Waals surface area contributed by atoms with E-state index < -0.39 is 0 Å². The highest BCUT2D eigenvalue weighted by atomic mass is 16.5. The number of benzene rings is 2. The van der Waals surface area contributed by atoms with Gasteiger partial charge in [0.25, 0.3) is 0 Å². The van der Waals surface area contributed by atoms with E-state index in [-0.39, 0.29) is 0 Å². The normalized spacial score (nSPS) is 10.7. The topological polar surface area (TPSA) is 30.5 Å². The summed E-state index contributed by atoms with van der Waals surface area (Å²) in [4.78, 5) is 0. The van der Waals surface area contributed by atoms with Crippen molar-refractivity contribution in [2.75, 3.05) is 19.0 Å². The Kier molecular flexibility index (Phi) is 5.91. The van der Waals surface area contributed by atoms with Crippen molar-refractivity contribution in [3.63, 3.8) is 0 Å². The number of nitrogens with one attached hydrogen (secondary N) is 1. The van der Waals surface area contributed by atoms with E-state index in [0.717, 1.165) is 18.0 Å². The van der Waals surface area contributed by atoms with Gasteiger partial charge in [-0.15, -0.1) is 0 Å². The van der Waals surface area contributed by atoms with Crippen molar-refractivity contribution in [3.8, 4) is 11.5 Å². The fourth-order valence-corrected chi connectivity index (χ4v) is 2.32. The molecule has 0 fully saturated rings. The van der Waals surface area contributed by atoms with Crippen LogP contribution in [0, 0.1) is 19.8 Å². The Bertz CT molecular complexity index is 650. The maximum Gasteiger partial charge on any atom is 0.161 e. The molecule has 0 aliphatic carbocycles. The van der Waals surface area contributed by atoms with Crippen LogP contribution in [0.5, 0.6) is 11.5 Å². The first-order valence-corrected chi connectivity index (χ1v) is 8.10. The van der Waals surface area contributed by atoms with Crippen molar-refractivity contribution >= 4 is 5.69 Å². The molecule has 23 heavy (non-hydrogen) atoms. The molecular weight excluding hydrogens is 286 g/mol. The van der Waals surface area contributed by atoms with Gasteiger partial charge in [-0.3, -0.25) is 0 Å². The average Bonchev–Trinajstić information content (AvgIpc) is 2.53. The molecule has 2 aromatic rings. The quantitative estimate of drug-likeness (QED) is 0.783. The van der Waals surface area contributed by atoms with E-state index in [9.17, 15) is 0 Å². The molecule has 2 rings (SSSR count). The summed E-state index contributed by atoms with van der Waals surface area (Å²) >= 11 is 0. The number of rotatable bonds is 7. The third kappa shape index (κ3) is 4.92. The van der Waals surface area contributed by atoms with E-state index in [1.165, 1.54) is 22.4 Å². The summed E-state index contributed by atoms with van der Waals surface area (Å²) in [6.45, 7) is 9.94. The van der Waals surface area contributed by atoms with E-state index >= 15 is 0 Å². The maximum atomic E-state index is 5.87. The van der Waals surface area contributed by atoms with Gasteiger partial charge in [-0.1, -0.05) is 32.0 Å². The first-order valence-electron chi connectivity index (χ1n) is 8.10. The van der Waals surface area contributed by atoms with Crippen LogP contribution >= 0.6 is 0 Å². The first kappa shape index (κ1) is 17.2. The molecule has 124 valence electrons. The van der Waals surface area contributed by atoms with Gasteiger partial charge in [0.2, 0.25) is 0 Å². The summed E-state index contributed by atoms with van der Waals surface area (Å²) in [6, 6.07) is 12.5. The van der Waals surface area contributed by atoms with E-state index in [1.54, 1.807) is 7.11 Å². The van der Waals surface area contributed by atoms with E-state index in [1.807, 2.05) is 6.07 Å². The van der Waals surface area contributed by atoms with Gasteiger partial charge >= 0.3 is 0 Å². The van der Waals surface area contributed by atoms with Crippen molar-refractivity contribution in [1.29, 1.82) is 0 Å². The van der Waals surface area contributed by atoms with Crippen LogP contribution in [0.15, 0.2) is 36.4 Å². The zero-order valence-corrected chi connectivity index (χ0v) is 14.8. The van der Waals surface area contributed by atoms with Crippen LogP contribution in [-0.4, -0.2) is 13.7 Å². The minimum atomic E-state index is 0.483. The van der Waals surface area contributed by atoms with Crippen molar-refractivity contribution in [2.45, 2.75) is 34.2 Å². The zero-order valence-electron chi connectivity index (χ0n) is 14.8. The Morgan fingerprint density at radius 3 is 2.48 bits per heavy atom.